The highest BCUT2D eigenvalue weighted by Gasteiger charge is 2.22. The van der Waals surface area contributed by atoms with E-state index in [1.807, 2.05) is 0 Å². The number of nitrogens with zero attached hydrogens (tertiary/aromatic N) is 3. The fourth-order valence-corrected chi connectivity index (χ4v) is 3.09. The van der Waals surface area contributed by atoms with Gasteiger partial charge in [0.2, 0.25) is 9.84 Å². The van der Waals surface area contributed by atoms with Gasteiger partial charge >= 0.3 is 0 Å². The van der Waals surface area contributed by atoms with Crippen LogP contribution in [0.1, 0.15) is 0 Å². The van der Waals surface area contributed by atoms with Gasteiger partial charge in [-0.05, 0) is 42.5 Å². The lowest BCUT2D eigenvalue weighted by Crippen LogP contribution is -2.08. The van der Waals surface area contributed by atoms with E-state index in [2.05, 4.69) is 15.2 Å². The van der Waals surface area contributed by atoms with E-state index in [-0.39, 0.29) is 10.1 Å². The van der Waals surface area contributed by atoms with Gasteiger partial charge in [0.1, 0.15) is 5.52 Å². The number of sulfone groups is 1. The summed E-state index contributed by atoms with van der Waals surface area (Å²) >= 11 is 11.6. The van der Waals surface area contributed by atoms with Gasteiger partial charge in [0.25, 0.3) is 5.16 Å². The van der Waals surface area contributed by atoms with E-state index in [0.29, 0.717) is 21.1 Å². The van der Waals surface area contributed by atoms with Gasteiger partial charge in [0.05, 0.1) is 10.4 Å². The van der Waals surface area contributed by atoms with Crippen molar-refractivity contribution in [1.29, 1.82) is 0 Å². The first kappa shape index (κ1) is 14.2. The second-order valence-corrected chi connectivity index (χ2v) is 6.90. The molecule has 3 aromatic rings. The average molecular weight is 340 g/mol. The summed E-state index contributed by atoms with van der Waals surface area (Å²) in [5.74, 6) is 0. The standard InChI is InChI=1S/C13H7Cl2N3O2S/c14-8-1-4-10(5-2-8)21(19,20)13-16-11-6-3-9(15)7-12(11)17-18-13/h1-7H. The van der Waals surface area contributed by atoms with Crippen LogP contribution in [0.15, 0.2) is 52.5 Å². The molecule has 2 aromatic carbocycles. The van der Waals surface area contributed by atoms with Crippen LogP contribution in [-0.4, -0.2) is 23.6 Å². The molecule has 0 aliphatic heterocycles. The molecule has 0 radical (unpaired) electrons. The molecule has 0 aliphatic carbocycles. The van der Waals surface area contributed by atoms with Crippen LogP contribution >= 0.6 is 23.2 Å². The SMILES string of the molecule is O=S(=O)(c1ccc(Cl)cc1)c1nnc2cc(Cl)ccc2n1. The Bertz CT molecular complexity index is 928. The third-order valence-corrected chi connectivity index (χ3v) is 4.79. The first-order valence-corrected chi connectivity index (χ1v) is 8.01. The van der Waals surface area contributed by atoms with Gasteiger partial charge < -0.3 is 0 Å². The summed E-state index contributed by atoms with van der Waals surface area (Å²) in [5, 5.41) is 8.09. The summed E-state index contributed by atoms with van der Waals surface area (Å²) in [6.07, 6.45) is 0. The molecule has 0 saturated carbocycles. The minimum Gasteiger partial charge on any atom is -0.215 e. The number of hydrogen-bond donors (Lipinski definition) is 0. The number of fused-ring (bicyclic) bond motifs is 1. The molecule has 5 nitrogen and oxygen atoms in total. The molecule has 1 aromatic heterocycles. The molecule has 0 saturated heterocycles. The fourth-order valence-electron chi connectivity index (χ4n) is 1.73. The molecule has 0 amide bonds. The van der Waals surface area contributed by atoms with Crippen molar-refractivity contribution in [2.75, 3.05) is 0 Å². The van der Waals surface area contributed by atoms with Crippen LogP contribution < -0.4 is 0 Å². The van der Waals surface area contributed by atoms with Crippen molar-refractivity contribution in [3.63, 3.8) is 0 Å². The van der Waals surface area contributed by atoms with E-state index < -0.39 is 9.84 Å². The molecule has 8 heteroatoms. The number of halogens is 2. The van der Waals surface area contributed by atoms with Gasteiger partial charge in [0.15, 0.2) is 0 Å². The lowest BCUT2D eigenvalue weighted by molar-refractivity contribution is 0.585. The van der Waals surface area contributed by atoms with Crippen molar-refractivity contribution in [1.82, 2.24) is 15.2 Å². The smallest absolute Gasteiger partial charge is 0.215 e. The molecule has 0 atom stereocenters. The zero-order valence-electron chi connectivity index (χ0n) is 10.4. The second kappa shape index (κ2) is 5.22. The Hall–Kier alpha value is -1.76. The van der Waals surface area contributed by atoms with E-state index in [9.17, 15) is 8.42 Å². The number of hydrogen-bond acceptors (Lipinski definition) is 5. The molecule has 0 unspecified atom stereocenters. The quantitative estimate of drug-likeness (QED) is 0.716. The molecule has 0 aliphatic rings. The molecular weight excluding hydrogens is 333 g/mol. The van der Waals surface area contributed by atoms with Gasteiger partial charge in [0, 0.05) is 10.0 Å². The summed E-state index contributed by atoms with van der Waals surface area (Å²) in [7, 11) is -3.83. The van der Waals surface area contributed by atoms with Gasteiger partial charge in [-0.2, -0.15) is 0 Å². The van der Waals surface area contributed by atoms with Crippen molar-refractivity contribution in [3.05, 3.63) is 52.5 Å². The number of aromatic nitrogens is 3. The predicted molar refractivity (Wildman–Crippen MR) is 79.2 cm³/mol. The third kappa shape index (κ3) is 2.70. The van der Waals surface area contributed by atoms with E-state index in [1.165, 1.54) is 24.3 Å². The molecule has 3 rings (SSSR count). The molecule has 0 bridgehead atoms. The first-order chi connectivity index (χ1) is 9.96. The summed E-state index contributed by atoms with van der Waals surface area (Å²) < 4.78 is 24.8. The summed E-state index contributed by atoms with van der Waals surface area (Å²) in [6, 6.07) is 10.5. The molecule has 0 N–H and O–H groups in total. The van der Waals surface area contributed by atoms with Gasteiger partial charge in [-0.25, -0.2) is 13.4 Å². The third-order valence-electron chi connectivity index (χ3n) is 2.76. The molecule has 106 valence electrons. The summed E-state index contributed by atoms with van der Waals surface area (Å²) in [6.45, 7) is 0. The molecule has 1 heterocycles. The van der Waals surface area contributed by atoms with E-state index >= 15 is 0 Å². The van der Waals surface area contributed by atoms with Crippen LogP contribution in [0, 0.1) is 0 Å². The number of rotatable bonds is 2. The second-order valence-electron chi connectivity index (χ2n) is 4.18. The topological polar surface area (TPSA) is 72.8 Å². The summed E-state index contributed by atoms with van der Waals surface area (Å²) in [4.78, 5) is 4.09. The van der Waals surface area contributed by atoms with Crippen LogP contribution in [-0.2, 0) is 9.84 Å². The van der Waals surface area contributed by atoms with Crippen LogP contribution in [0.5, 0.6) is 0 Å². The van der Waals surface area contributed by atoms with Crippen molar-refractivity contribution in [2.45, 2.75) is 10.1 Å². The Morgan fingerprint density at radius 1 is 0.810 bits per heavy atom. The number of benzene rings is 2. The normalized spacial score (nSPS) is 11.7. The average Bonchev–Trinajstić information content (AvgIpc) is 2.47. The Morgan fingerprint density at radius 2 is 1.48 bits per heavy atom. The monoisotopic (exact) mass is 339 g/mol. The Labute approximate surface area is 130 Å². The Balaban J connectivity index is 2.14. The predicted octanol–water partition coefficient (Wildman–Crippen LogP) is 3.16. The maximum atomic E-state index is 12.4. The van der Waals surface area contributed by atoms with Crippen LogP contribution in [0.2, 0.25) is 10.0 Å². The fraction of sp³-hybridized carbons (Fsp3) is 0. The zero-order valence-corrected chi connectivity index (χ0v) is 12.7. The van der Waals surface area contributed by atoms with Crippen molar-refractivity contribution in [3.8, 4) is 0 Å². The molecule has 21 heavy (non-hydrogen) atoms. The lowest BCUT2D eigenvalue weighted by Gasteiger charge is -2.03. The zero-order chi connectivity index (χ0) is 15.0. The lowest BCUT2D eigenvalue weighted by atomic mass is 10.3. The maximum absolute atomic E-state index is 12.4. The van der Waals surface area contributed by atoms with Crippen molar-refractivity contribution < 1.29 is 8.42 Å². The minimum absolute atomic E-state index is 0.0574. The highest BCUT2D eigenvalue weighted by Crippen LogP contribution is 2.21. The van der Waals surface area contributed by atoms with Crippen LogP contribution in [0.3, 0.4) is 0 Å². The highest BCUT2D eigenvalue weighted by molar-refractivity contribution is 7.91. The van der Waals surface area contributed by atoms with Gasteiger partial charge in [-0.3, -0.25) is 0 Å². The van der Waals surface area contributed by atoms with E-state index in [4.69, 9.17) is 23.2 Å². The van der Waals surface area contributed by atoms with Crippen molar-refractivity contribution in [2.24, 2.45) is 0 Å². The van der Waals surface area contributed by atoms with E-state index in [1.54, 1.807) is 18.2 Å². The van der Waals surface area contributed by atoms with E-state index in [0.717, 1.165) is 0 Å². The Morgan fingerprint density at radius 3 is 2.19 bits per heavy atom. The Kier molecular flexibility index (Phi) is 3.52. The van der Waals surface area contributed by atoms with Crippen molar-refractivity contribution >= 4 is 44.1 Å². The maximum Gasteiger partial charge on any atom is 0.272 e. The van der Waals surface area contributed by atoms with Gasteiger partial charge in [-0.1, -0.05) is 23.2 Å². The molecular formula is C13H7Cl2N3O2S. The van der Waals surface area contributed by atoms with Crippen LogP contribution in [0.25, 0.3) is 11.0 Å². The minimum atomic E-state index is -3.83. The first-order valence-electron chi connectivity index (χ1n) is 5.77. The molecule has 0 fully saturated rings. The highest BCUT2D eigenvalue weighted by atomic mass is 35.5. The van der Waals surface area contributed by atoms with Crippen LogP contribution in [0.4, 0.5) is 0 Å². The largest absolute Gasteiger partial charge is 0.272 e. The molecule has 0 spiro atoms. The van der Waals surface area contributed by atoms with Gasteiger partial charge in [-0.15, -0.1) is 10.2 Å². The summed E-state index contributed by atoms with van der Waals surface area (Å²) in [5.41, 5.74) is 0.833.